The lowest BCUT2D eigenvalue weighted by molar-refractivity contribution is -0.141. The first-order valence-corrected chi connectivity index (χ1v) is 8.27. The molecular formula is C16H19Cl2NO4. The highest BCUT2D eigenvalue weighted by molar-refractivity contribution is 6.36. The maximum Gasteiger partial charge on any atom is 0.510 e. The maximum absolute atomic E-state index is 12.7. The summed E-state index contributed by atoms with van der Waals surface area (Å²) in [7, 11) is 0. The Kier molecular flexibility index (Phi) is 6.13. The van der Waals surface area contributed by atoms with Gasteiger partial charge in [-0.3, -0.25) is 4.79 Å². The Bertz CT molecular complexity index is 573. The van der Waals surface area contributed by atoms with Crippen molar-refractivity contribution < 1.29 is 19.1 Å². The SMILES string of the molecule is CCOC(=O)OC1CCC(C)N1C(=O)Cc1c(Cl)cccc1Cl. The molecule has 1 aromatic carbocycles. The number of benzene rings is 1. The number of carbonyl (C=O) groups excluding carboxylic acids is 2. The van der Waals surface area contributed by atoms with Crippen LogP contribution in [-0.4, -0.2) is 35.8 Å². The summed E-state index contributed by atoms with van der Waals surface area (Å²) in [5.41, 5.74) is 0.579. The Morgan fingerprint density at radius 3 is 2.52 bits per heavy atom. The lowest BCUT2D eigenvalue weighted by Crippen LogP contribution is -2.43. The quantitative estimate of drug-likeness (QED) is 0.761. The fraction of sp³-hybridized carbons (Fsp3) is 0.500. The van der Waals surface area contributed by atoms with Gasteiger partial charge < -0.3 is 14.4 Å². The third-order valence-electron chi connectivity index (χ3n) is 3.79. The van der Waals surface area contributed by atoms with Crippen molar-refractivity contribution in [2.24, 2.45) is 0 Å². The molecule has 2 rings (SSSR count). The maximum atomic E-state index is 12.7. The molecule has 2 unspecified atom stereocenters. The summed E-state index contributed by atoms with van der Waals surface area (Å²) in [6.45, 7) is 3.84. The van der Waals surface area contributed by atoms with Gasteiger partial charge in [-0.2, -0.15) is 0 Å². The highest BCUT2D eigenvalue weighted by Crippen LogP contribution is 2.29. The Hall–Kier alpha value is -1.46. The molecule has 0 aromatic heterocycles. The molecule has 1 saturated heterocycles. The first kappa shape index (κ1) is 17.9. The molecule has 0 aliphatic carbocycles. The van der Waals surface area contributed by atoms with E-state index in [1.54, 1.807) is 30.0 Å². The van der Waals surface area contributed by atoms with Crippen molar-refractivity contribution in [2.45, 2.75) is 45.4 Å². The van der Waals surface area contributed by atoms with Crippen molar-refractivity contribution in [3.8, 4) is 0 Å². The van der Waals surface area contributed by atoms with E-state index in [-0.39, 0.29) is 25.0 Å². The second kappa shape index (κ2) is 7.88. The van der Waals surface area contributed by atoms with Gasteiger partial charge in [-0.15, -0.1) is 0 Å². The molecule has 126 valence electrons. The van der Waals surface area contributed by atoms with E-state index in [1.165, 1.54) is 0 Å². The predicted molar refractivity (Wildman–Crippen MR) is 87.6 cm³/mol. The third-order valence-corrected chi connectivity index (χ3v) is 4.50. The number of hydrogen-bond donors (Lipinski definition) is 0. The predicted octanol–water partition coefficient (Wildman–Crippen LogP) is 4.05. The number of hydrogen-bond acceptors (Lipinski definition) is 4. The summed E-state index contributed by atoms with van der Waals surface area (Å²) < 4.78 is 10.0. The van der Waals surface area contributed by atoms with Crippen molar-refractivity contribution in [3.63, 3.8) is 0 Å². The van der Waals surface area contributed by atoms with Crippen LogP contribution in [0.1, 0.15) is 32.3 Å². The second-order valence-electron chi connectivity index (χ2n) is 5.36. The second-order valence-corrected chi connectivity index (χ2v) is 6.17. The van der Waals surface area contributed by atoms with Crippen molar-refractivity contribution >= 4 is 35.3 Å². The van der Waals surface area contributed by atoms with Crippen LogP contribution in [0.4, 0.5) is 4.79 Å². The van der Waals surface area contributed by atoms with E-state index in [1.807, 2.05) is 6.92 Å². The van der Waals surface area contributed by atoms with Crippen LogP contribution in [0.3, 0.4) is 0 Å². The van der Waals surface area contributed by atoms with Crippen molar-refractivity contribution in [3.05, 3.63) is 33.8 Å². The molecule has 0 bridgehead atoms. The molecule has 1 aromatic rings. The zero-order valence-electron chi connectivity index (χ0n) is 13.1. The lowest BCUT2D eigenvalue weighted by atomic mass is 10.1. The molecule has 2 atom stereocenters. The standard InChI is InChI=1S/C16H19Cl2NO4/c1-3-22-16(21)23-15-8-7-10(2)19(15)14(20)9-11-12(17)5-4-6-13(11)18/h4-6,10,15H,3,7-9H2,1-2H3. The van der Waals surface area contributed by atoms with Gasteiger partial charge in [0.15, 0.2) is 6.23 Å². The summed E-state index contributed by atoms with van der Waals surface area (Å²) in [6, 6.07) is 5.08. The van der Waals surface area contributed by atoms with E-state index >= 15 is 0 Å². The van der Waals surface area contributed by atoms with Gasteiger partial charge in [0.2, 0.25) is 5.91 Å². The van der Waals surface area contributed by atoms with Gasteiger partial charge in [0, 0.05) is 22.5 Å². The largest absolute Gasteiger partial charge is 0.510 e. The molecular weight excluding hydrogens is 341 g/mol. The van der Waals surface area contributed by atoms with Crippen LogP contribution >= 0.6 is 23.2 Å². The lowest BCUT2D eigenvalue weighted by Gasteiger charge is -2.28. The summed E-state index contributed by atoms with van der Waals surface area (Å²) in [4.78, 5) is 25.7. The molecule has 0 N–H and O–H groups in total. The van der Waals surface area contributed by atoms with E-state index in [9.17, 15) is 9.59 Å². The first-order valence-electron chi connectivity index (χ1n) is 7.51. The molecule has 1 heterocycles. The topological polar surface area (TPSA) is 55.8 Å². The summed E-state index contributed by atoms with van der Waals surface area (Å²) in [5, 5.41) is 0.890. The number of ether oxygens (including phenoxy) is 2. The molecule has 1 aliphatic heterocycles. The first-order chi connectivity index (χ1) is 10.9. The van der Waals surface area contributed by atoms with Gasteiger partial charge in [0.05, 0.1) is 13.0 Å². The number of carbonyl (C=O) groups is 2. The molecule has 0 saturated carbocycles. The molecule has 0 radical (unpaired) electrons. The molecule has 0 spiro atoms. The number of nitrogens with zero attached hydrogens (tertiary/aromatic N) is 1. The van der Waals surface area contributed by atoms with E-state index in [4.69, 9.17) is 32.7 Å². The smallest absolute Gasteiger partial charge is 0.435 e. The number of halogens is 2. The summed E-state index contributed by atoms with van der Waals surface area (Å²) in [6.07, 6.45) is 0.0255. The van der Waals surface area contributed by atoms with E-state index in [0.29, 0.717) is 22.0 Å². The van der Waals surface area contributed by atoms with Gasteiger partial charge in [-0.25, -0.2) is 4.79 Å². The van der Waals surface area contributed by atoms with Crippen LogP contribution in [0, 0.1) is 0 Å². The minimum Gasteiger partial charge on any atom is -0.435 e. The molecule has 1 aliphatic rings. The molecule has 1 amide bonds. The fourth-order valence-electron chi connectivity index (χ4n) is 2.67. The Labute approximate surface area is 145 Å². The van der Waals surface area contributed by atoms with Gasteiger partial charge in [-0.1, -0.05) is 29.3 Å². The van der Waals surface area contributed by atoms with E-state index < -0.39 is 12.4 Å². The minimum absolute atomic E-state index is 0.0248. The third kappa shape index (κ3) is 4.30. The van der Waals surface area contributed by atoms with Gasteiger partial charge >= 0.3 is 6.16 Å². The highest BCUT2D eigenvalue weighted by atomic mass is 35.5. The monoisotopic (exact) mass is 359 g/mol. The molecule has 7 heteroatoms. The number of amides is 1. The van der Waals surface area contributed by atoms with Crippen LogP contribution in [0.2, 0.25) is 10.0 Å². The van der Waals surface area contributed by atoms with Crippen LogP contribution in [0.5, 0.6) is 0 Å². The summed E-state index contributed by atoms with van der Waals surface area (Å²) >= 11 is 12.2. The average Bonchev–Trinajstić information content (AvgIpc) is 2.84. The molecule has 1 fully saturated rings. The average molecular weight is 360 g/mol. The van der Waals surface area contributed by atoms with Gasteiger partial charge in [0.1, 0.15) is 0 Å². The number of rotatable bonds is 4. The Balaban J connectivity index is 2.11. The van der Waals surface area contributed by atoms with Crippen molar-refractivity contribution in [1.82, 2.24) is 4.90 Å². The van der Waals surface area contributed by atoms with Crippen molar-refractivity contribution in [2.75, 3.05) is 6.61 Å². The molecule has 23 heavy (non-hydrogen) atoms. The Morgan fingerprint density at radius 2 is 1.91 bits per heavy atom. The van der Waals surface area contributed by atoms with Crippen LogP contribution < -0.4 is 0 Å². The van der Waals surface area contributed by atoms with Gasteiger partial charge in [-0.05, 0) is 38.0 Å². The fourth-order valence-corrected chi connectivity index (χ4v) is 3.21. The number of likely N-dealkylation sites (tertiary alicyclic amines) is 1. The normalized spacial score (nSPS) is 20.4. The van der Waals surface area contributed by atoms with Crippen LogP contribution in [0.25, 0.3) is 0 Å². The van der Waals surface area contributed by atoms with Gasteiger partial charge in [0.25, 0.3) is 0 Å². The zero-order valence-corrected chi connectivity index (χ0v) is 14.6. The van der Waals surface area contributed by atoms with Crippen LogP contribution in [0.15, 0.2) is 18.2 Å². The zero-order chi connectivity index (χ0) is 17.0. The van der Waals surface area contributed by atoms with Crippen molar-refractivity contribution in [1.29, 1.82) is 0 Å². The van der Waals surface area contributed by atoms with E-state index in [2.05, 4.69) is 0 Å². The Morgan fingerprint density at radius 1 is 1.26 bits per heavy atom. The molecule has 5 nitrogen and oxygen atoms in total. The van der Waals surface area contributed by atoms with Crippen LogP contribution in [-0.2, 0) is 20.7 Å². The minimum atomic E-state index is -0.764. The van der Waals surface area contributed by atoms with E-state index in [0.717, 1.165) is 6.42 Å². The summed E-state index contributed by atoms with van der Waals surface area (Å²) in [5.74, 6) is -0.181. The highest BCUT2D eigenvalue weighted by Gasteiger charge is 2.37.